The first-order chi connectivity index (χ1) is 9.17. The summed E-state index contributed by atoms with van der Waals surface area (Å²) in [4.78, 5) is 2.05. The summed E-state index contributed by atoms with van der Waals surface area (Å²) in [6, 6.07) is 16.2. The molecular formula is C16H15BrN2. The van der Waals surface area contributed by atoms with E-state index in [0.29, 0.717) is 5.56 Å². The molecule has 3 heteroatoms. The topological polar surface area (TPSA) is 27.0 Å². The van der Waals surface area contributed by atoms with E-state index >= 15 is 0 Å². The van der Waals surface area contributed by atoms with E-state index in [-0.39, 0.29) is 0 Å². The Labute approximate surface area is 122 Å². The van der Waals surface area contributed by atoms with Gasteiger partial charge in [0.05, 0.1) is 11.3 Å². The van der Waals surface area contributed by atoms with Crippen LogP contribution in [-0.2, 0) is 5.33 Å². The molecule has 0 N–H and O–H groups in total. The molecule has 0 saturated heterocycles. The van der Waals surface area contributed by atoms with Crippen LogP contribution in [0.3, 0.4) is 0 Å². The molecular weight excluding hydrogens is 300 g/mol. The molecule has 0 amide bonds. The summed E-state index contributed by atoms with van der Waals surface area (Å²) in [6.07, 6.45) is 0. The zero-order valence-electron chi connectivity index (χ0n) is 11.0. The van der Waals surface area contributed by atoms with Crippen LogP contribution in [0.2, 0.25) is 0 Å². The quantitative estimate of drug-likeness (QED) is 0.778. The summed E-state index contributed by atoms with van der Waals surface area (Å²) in [6.45, 7) is 2.10. The molecule has 0 aliphatic carbocycles. The van der Waals surface area contributed by atoms with E-state index in [1.165, 1.54) is 11.1 Å². The van der Waals surface area contributed by atoms with Gasteiger partial charge in [-0.15, -0.1) is 0 Å². The molecule has 19 heavy (non-hydrogen) atoms. The predicted octanol–water partition coefficient (Wildman–Crippen LogP) is 4.53. The molecule has 0 aliphatic rings. The lowest BCUT2D eigenvalue weighted by Gasteiger charge is -2.21. The second-order valence-electron chi connectivity index (χ2n) is 4.43. The van der Waals surface area contributed by atoms with Gasteiger partial charge < -0.3 is 4.90 Å². The van der Waals surface area contributed by atoms with Gasteiger partial charge in [0.25, 0.3) is 0 Å². The molecule has 0 unspecified atom stereocenters. The lowest BCUT2D eigenvalue weighted by atomic mass is 10.1. The first-order valence-corrected chi connectivity index (χ1v) is 7.18. The van der Waals surface area contributed by atoms with Crippen LogP contribution in [0, 0.1) is 18.3 Å². The van der Waals surface area contributed by atoms with Crippen molar-refractivity contribution in [3.8, 4) is 6.07 Å². The molecule has 0 spiro atoms. The standard InChI is InChI=1S/C16H15BrN2/c1-12-9-15(8-7-13(12)10-17)19(2)16-6-4-3-5-14(16)11-18/h3-9H,10H2,1-2H3. The van der Waals surface area contributed by atoms with Crippen molar-refractivity contribution in [1.82, 2.24) is 0 Å². The van der Waals surface area contributed by atoms with E-state index in [4.69, 9.17) is 5.26 Å². The number of anilines is 2. The van der Waals surface area contributed by atoms with Gasteiger partial charge in [-0.1, -0.05) is 34.1 Å². The van der Waals surface area contributed by atoms with E-state index in [1.54, 1.807) is 0 Å². The van der Waals surface area contributed by atoms with Crippen molar-refractivity contribution in [2.75, 3.05) is 11.9 Å². The summed E-state index contributed by atoms with van der Waals surface area (Å²) >= 11 is 3.48. The van der Waals surface area contributed by atoms with Gasteiger partial charge in [-0.05, 0) is 42.3 Å². The van der Waals surface area contributed by atoms with Gasteiger partial charge in [0.1, 0.15) is 6.07 Å². The Hall–Kier alpha value is -1.79. The minimum atomic E-state index is 0.687. The Morgan fingerprint density at radius 1 is 1.21 bits per heavy atom. The molecule has 0 aromatic heterocycles. The third-order valence-electron chi connectivity index (χ3n) is 3.24. The van der Waals surface area contributed by atoms with Crippen LogP contribution in [0.25, 0.3) is 0 Å². The highest BCUT2D eigenvalue weighted by atomic mass is 79.9. The summed E-state index contributed by atoms with van der Waals surface area (Å²) < 4.78 is 0. The lowest BCUT2D eigenvalue weighted by molar-refractivity contribution is 1.18. The summed E-state index contributed by atoms with van der Waals surface area (Å²) in [7, 11) is 1.98. The Morgan fingerprint density at radius 2 is 1.95 bits per heavy atom. The second kappa shape index (κ2) is 5.90. The van der Waals surface area contributed by atoms with Gasteiger partial charge >= 0.3 is 0 Å². The normalized spacial score (nSPS) is 10.0. The van der Waals surface area contributed by atoms with E-state index in [9.17, 15) is 0 Å². The van der Waals surface area contributed by atoms with Crippen LogP contribution in [0.1, 0.15) is 16.7 Å². The Balaban J connectivity index is 2.42. The average molecular weight is 315 g/mol. The highest BCUT2D eigenvalue weighted by Crippen LogP contribution is 2.28. The van der Waals surface area contributed by atoms with Crippen molar-refractivity contribution < 1.29 is 0 Å². The maximum atomic E-state index is 9.17. The molecule has 2 aromatic carbocycles. The second-order valence-corrected chi connectivity index (χ2v) is 4.99. The van der Waals surface area contributed by atoms with Crippen molar-refractivity contribution in [2.45, 2.75) is 12.3 Å². The molecule has 96 valence electrons. The lowest BCUT2D eigenvalue weighted by Crippen LogP contribution is -2.11. The van der Waals surface area contributed by atoms with Gasteiger partial charge in [0, 0.05) is 18.1 Å². The zero-order valence-corrected chi connectivity index (χ0v) is 12.6. The van der Waals surface area contributed by atoms with Gasteiger partial charge in [-0.25, -0.2) is 0 Å². The van der Waals surface area contributed by atoms with Crippen molar-refractivity contribution >= 4 is 27.3 Å². The molecule has 0 fully saturated rings. The molecule has 2 rings (SSSR count). The minimum absolute atomic E-state index is 0.687. The number of hydrogen-bond acceptors (Lipinski definition) is 2. The predicted molar refractivity (Wildman–Crippen MR) is 83.0 cm³/mol. The minimum Gasteiger partial charge on any atom is -0.344 e. The van der Waals surface area contributed by atoms with Crippen LogP contribution >= 0.6 is 15.9 Å². The fourth-order valence-electron chi connectivity index (χ4n) is 2.04. The molecule has 2 nitrogen and oxygen atoms in total. The molecule has 2 aromatic rings. The molecule has 0 bridgehead atoms. The molecule has 0 aliphatic heterocycles. The number of nitrogens with zero attached hydrogens (tertiary/aromatic N) is 2. The maximum absolute atomic E-state index is 9.17. The fourth-order valence-corrected chi connectivity index (χ4v) is 2.67. The first-order valence-electron chi connectivity index (χ1n) is 6.05. The molecule has 0 atom stereocenters. The van der Waals surface area contributed by atoms with Crippen molar-refractivity contribution in [3.63, 3.8) is 0 Å². The number of rotatable bonds is 3. The van der Waals surface area contributed by atoms with Crippen LogP contribution in [0.5, 0.6) is 0 Å². The van der Waals surface area contributed by atoms with E-state index < -0.39 is 0 Å². The van der Waals surface area contributed by atoms with E-state index in [2.05, 4.69) is 47.1 Å². The Morgan fingerprint density at radius 3 is 2.58 bits per heavy atom. The van der Waals surface area contributed by atoms with Crippen LogP contribution < -0.4 is 4.90 Å². The highest BCUT2D eigenvalue weighted by Gasteiger charge is 2.09. The Bertz CT molecular complexity index is 629. The van der Waals surface area contributed by atoms with Crippen LogP contribution in [0.4, 0.5) is 11.4 Å². The van der Waals surface area contributed by atoms with E-state index in [1.807, 2.05) is 36.2 Å². The third-order valence-corrected chi connectivity index (χ3v) is 3.85. The molecule has 0 heterocycles. The number of para-hydroxylation sites is 1. The summed E-state index contributed by atoms with van der Waals surface area (Å²) in [5, 5.41) is 10.0. The van der Waals surface area contributed by atoms with E-state index in [0.717, 1.165) is 16.7 Å². The van der Waals surface area contributed by atoms with Gasteiger partial charge in [0.15, 0.2) is 0 Å². The van der Waals surface area contributed by atoms with Gasteiger partial charge in [-0.2, -0.15) is 5.26 Å². The number of halogens is 1. The molecule has 0 saturated carbocycles. The van der Waals surface area contributed by atoms with Gasteiger partial charge in [0.2, 0.25) is 0 Å². The number of hydrogen-bond donors (Lipinski definition) is 0. The van der Waals surface area contributed by atoms with Crippen molar-refractivity contribution in [3.05, 3.63) is 59.2 Å². The number of benzene rings is 2. The Kier molecular flexibility index (Phi) is 4.24. The van der Waals surface area contributed by atoms with Crippen molar-refractivity contribution in [1.29, 1.82) is 5.26 Å². The SMILES string of the molecule is Cc1cc(N(C)c2ccccc2C#N)ccc1CBr. The highest BCUT2D eigenvalue weighted by molar-refractivity contribution is 9.08. The zero-order chi connectivity index (χ0) is 13.8. The van der Waals surface area contributed by atoms with Gasteiger partial charge in [-0.3, -0.25) is 0 Å². The maximum Gasteiger partial charge on any atom is 0.101 e. The monoisotopic (exact) mass is 314 g/mol. The summed E-state index contributed by atoms with van der Waals surface area (Å²) in [5.41, 5.74) is 5.23. The van der Waals surface area contributed by atoms with Crippen LogP contribution in [0.15, 0.2) is 42.5 Å². The number of aryl methyl sites for hydroxylation is 1. The molecule has 0 radical (unpaired) electrons. The van der Waals surface area contributed by atoms with Crippen LogP contribution in [-0.4, -0.2) is 7.05 Å². The fraction of sp³-hybridized carbons (Fsp3) is 0.188. The average Bonchev–Trinajstić information content (AvgIpc) is 2.46. The summed E-state index contributed by atoms with van der Waals surface area (Å²) in [5.74, 6) is 0. The number of alkyl halides is 1. The largest absolute Gasteiger partial charge is 0.344 e. The van der Waals surface area contributed by atoms with Crippen molar-refractivity contribution in [2.24, 2.45) is 0 Å². The smallest absolute Gasteiger partial charge is 0.101 e. The number of nitriles is 1. The first kappa shape index (κ1) is 13.6. The third kappa shape index (κ3) is 2.80.